The van der Waals surface area contributed by atoms with Crippen molar-refractivity contribution in [3.63, 3.8) is 0 Å². The van der Waals surface area contributed by atoms with Crippen LogP contribution in [0, 0.1) is 11.8 Å². The number of aliphatic hydroxyl groups is 5. The highest BCUT2D eigenvalue weighted by Crippen LogP contribution is 2.35. The second-order valence-corrected chi connectivity index (χ2v) is 13.5. The zero-order valence-electron chi connectivity index (χ0n) is 28.2. The Hall–Kier alpha value is -1.91. The summed E-state index contributed by atoms with van der Waals surface area (Å²) in [6.07, 6.45) is -1.33. The highest BCUT2D eigenvalue weighted by atomic mass is 16.5. The Morgan fingerprint density at radius 3 is 1.83 bits per heavy atom. The third-order valence-corrected chi connectivity index (χ3v) is 9.31. The minimum atomic E-state index is -1.83. The standard InChI is InChI=1S/C33H60N2O12/c1-4-5-6-7-8-9-10-11-12-13-16-46-23-18-21(32(42)43)30(29(40)26(23)37)47-24-17-20(25(36)28(39)27(24)38)31(41)34-15-14-22(33(44)45)35-19(2)3/h19-30,35-40H,4-18H2,1-3H3,(H,34,41)(H,42,43)(H,44,45)/t20-,21-,22-,23+,24+,25+,26-,27-,28-,29+,30+/m0/s1. The maximum atomic E-state index is 13.0. The summed E-state index contributed by atoms with van der Waals surface area (Å²) in [6, 6.07) is -1.04. The monoisotopic (exact) mass is 676 g/mol. The molecule has 1 amide bonds. The molecular weight excluding hydrogens is 616 g/mol. The number of carboxylic acids is 2. The Labute approximate surface area is 278 Å². The topological polar surface area (TPSA) is 235 Å². The maximum absolute atomic E-state index is 13.0. The Balaban J connectivity index is 1.92. The molecule has 274 valence electrons. The summed E-state index contributed by atoms with van der Waals surface area (Å²) in [7, 11) is 0. The summed E-state index contributed by atoms with van der Waals surface area (Å²) >= 11 is 0. The predicted octanol–water partition coefficient (Wildman–Crippen LogP) is 0.933. The van der Waals surface area contributed by atoms with Gasteiger partial charge in [0, 0.05) is 19.2 Å². The Kier molecular flexibility index (Phi) is 18.6. The molecule has 2 fully saturated rings. The van der Waals surface area contributed by atoms with E-state index in [4.69, 9.17) is 9.47 Å². The molecule has 0 saturated heterocycles. The van der Waals surface area contributed by atoms with Crippen molar-refractivity contribution in [1.29, 1.82) is 0 Å². The Bertz CT molecular complexity index is 939. The molecule has 2 saturated carbocycles. The number of aliphatic hydroxyl groups excluding tert-OH is 5. The number of carboxylic acid groups (broad SMARTS) is 2. The number of rotatable bonds is 22. The summed E-state index contributed by atoms with van der Waals surface area (Å²) in [5, 5.41) is 78.3. The third kappa shape index (κ3) is 13.1. The van der Waals surface area contributed by atoms with E-state index in [0.29, 0.717) is 6.61 Å². The quantitative estimate of drug-likeness (QED) is 0.0727. The van der Waals surface area contributed by atoms with Gasteiger partial charge < -0.3 is 55.9 Å². The van der Waals surface area contributed by atoms with Crippen molar-refractivity contribution in [3.8, 4) is 0 Å². The molecule has 0 aromatic rings. The first-order valence-corrected chi connectivity index (χ1v) is 17.5. The smallest absolute Gasteiger partial charge is 0.320 e. The first-order valence-electron chi connectivity index (χ1n) is 17.5. The van der Waals surface area contributed by atoms with E-state index in [2.05, 4.69) is 17.6 Å². The van der Waals surface area contributed by atoms with E-state index < -0.39 is 84.6 Å². The molecule has 0 heterocycles. The summed E-state index contributed by atoms with van der Waals surface area (Å²) < 4.78 is 11.6. The van der Waals surface area contributed by atoms with Gasteiger partial charge in [-0.05, 0) is 25.7 Å². The number of nitrogens with one attached hydrogen (secondary N) is 2. The first-order chi connectivity index (χ1) is 22.3. The molecule has 2 aliphatic rings. The van der Waals surface area contributed by atoms with Crippen LogP contribution in [-0.4, -0.2) is 128 Å². The van der Waals surface area contributed by atoms with Gasteiger partial charge in [-0.25, -0.2) is 0 Å². The minimum Gasteiger partial charge on any atom is -0.481 e. The average molecular weight is 677 g/mol. The van der Waals surface area contributed by atoms with Gasteiger partial charge in [-0.15, -0.1) is 0 Å². The van der Waals surface area contributed by atoms with Crippen LogP contribution in [0.25, 0.3) is 0 Å². The molecule has 14 nitrogen and oxygen atoms in total. The Morgan fingerprint density at radius 1 is 0.723 bits per heavy atom. The molecular formula is C33H60N2O12. The first kappa shape index (κ1) is 41.3. The Morgan fingerprint density at radius 2 is 1.28 bits per heavy atom. The lowest BCUT2D eigenvalue weighted by molar-refractivity contribution is -0.237. The lowest BCUT2D eigenvalue weighted by Crippen LogP contribution is -2.62. The second kappa shape index (κ2) is 21.2. The van der Waals surface area contributed by atoms with Gasteiger partial charge in [0.05, 0.1) is 36.3 Å². The van der Waals surface area contributed by atoms with Gasteiger partial charge in [0.25, 0.3) is 0 Å². The van der Waals surface area contributed by atoms with Crippen molar-refractivity contribution >= 4 is 17.8 Å². The molecule has 2 rings (SSSR count). The van der Waals surface area contributed by atoms with Gasteiger partial charge in [-0.3, -0.25) is 14.4 Å². The van der Waals surface area contributed by atoms with E-state index in [1.165, 1.54) is 38.5 Å². The molecule has 11 atom stereocenters. The third-order valence-electron chi connectivity index (χ3n) is 9.31. The van der Waals surface area contributed by atoms with Crippen LogP contribution < -0.4 is 10.6 Å². The van der Waals surface area contributed by atoms with Crippen LogP contribution in [0.4, 0.5) is 0 Å². The number of amides is 1. The van der Waals surface area contributed by atoms with Gasteiger partial charge in [0.1, 0.15) is 30.5 Å². The SMILES string of the molecule is CCCCCCCCCCCCO[C@@H]1C[C@H](C(=O)O)[C@@H](O[C@@H]2C[C@H](C(=O)NCC[C@H](NC(C)C)C(=O)O)[C@@H](O)[C@H](O)[C@H]2O)[C@H](O)[C@H]1O. The molecule has 0 aromatic heterocycles. The number of aliphatic carboxylic acids is 2. The van der Waals surface area contributed by atoms with Crippen molar-refractivity contribution in [1.82, 2.24) is 10.6 Å². The molecule has 0 aliphatic heterocycles. The van der Waals surface area contributed by atoms with Crippen molar-refractivity contribution in [2.75, 3.05) is 13.2 Å². The van der Waals surface area contributed by atoms with Crippen LogP contribution >= 0.6 is 0 Å². The molecule has 0 radical (unpaired) electrons. The fourth-order valence-corrected chi connectivity index (χ4v) is 6.52. The number of hydrogen-bond acceptors (Lipinski definition) is 11. The van der Waals surface area contributed by atoms with Crippen molar-refractivity contribution < 1.29 is 59.6 Å². The van der Waals surface area contributed by atoms with Crippen LogP contribution in [0.5, 0.6) is 0 Å². The predicted molar refractivity (Wildman–Crippen MR) is 171 cm³/mol. The normalized spacial score (nSPS) is 31.9. The van der Waals surface area contributed by atoms with Crippen molar-refractivity contribution in [3.05, 3.63) is 0 Å². The molecule has 9 N–H and O–H groups in total. The fourth-order valence-electron chi connectivity index (χ4n) is 6.52. The lowest BCUT2D eigenvalue weighted by Gasteiger charge is -2.45. The zero-order chi connectivity index (χ0) is 35.1. The number of hydrogen-bond donors (Lipinski definition) is 9. The number of carbonyl (C=O) groups is 3. The molecule has 0 aromatic carbocycles. The van der Waals surface area contributed by atoms with E-state index >= 15 is 0 Å². The van der Waals surface area contributed by atoms with Gasteiger partial charge in [0.2, 0.25) is 5.91 Å². The maximum Gasteiger partial charge on any atom is 0.320 e. The molecule has 0 unspecified atom stereocenters. The molecule has 47 heavy (non-hydrogen) atoms. The number of carbonyl (C=O) groups excluding carboxylic acids is 1. The molecule has 0 spiro atoms. The fraction of sp³-hybridized carbons (Fsp3) is 0.909. The van der Waals surface area contributed by atoms with Crippen LogP contribution in [-0.2, 0) is 23.9 Å². The van der Waals surface area contributed by atoms with Gasteiger partial charge in [-0.1, -0.05) is 78.6 Å². The second-order valence-electron chi connectivity index (χ2n) is 13.5. The van der Waals surface area contributed by atoms with Gasteiger partial charge in [-0.2, -0.15) is 0 Å². The molecule has 14 heteroatoms. The summed E-state index contributed by atoms with van der Waals surface area (Å²) in [5.74, 6) is -5.73. The van der Waals surface area contributed by atoms with Gasteiger partial charge >= 0.3 is 11.9 Å². The molecule has 2 aliphatic carbocycles. The highest BCUT2D eigenvalue weighted by molar-refractivity contribution is 5.80. The summed E-state index contributed by atoms with van der Waals surface area (Å²) in [5.41, 5.74) is 0. The minimum absolute atomic E-state index is 0.0437. The zero-order valence-corrected chi connectivity index (χ0v) is 28.2. The van der Waals surface area contributed by atoms with E-state index in [1.54, 1.807) is 13.8 Å². The molecule has 0 bridgehead atoms. The van der Waals surface area contributed by atoms with E-state index in [1.807, 2.05) is 0 Å². The van der Waals surface area contributed by atoms with E-state index in [9.17, 15) is 50.1 Å². The average Bonchev–Trinajstić information content (AvgIpc) is 3.01. The highest BCUT2D eigenvalue weighted by Gasteiger charge is 2.52. The number of ether oxygens (including phenoxy) is 2. The van der Waals surface area contributed by atoms with Crippen molar-refractivity contribution in [2.45, 2.75) is 165 Å². The summed E-state index contributed by atoms with van der Waals surface area (Å²) in [6.45, 7) is 6.00. The van der Waals surface area contributed by atoms with Gasteiger partial charge in [0.15, 0.2) is 0 Å². The van der Waals surface area contributed by atoms with E-state index in [0.717, 1.165) is 25.7 Å². The van der Waals surface area contributed by atoms with Crippen LogP contribution in [0.15, 0.2) is 0 Å². The number of unbranched alkanes of at least 4 members (excludes halogenated alkanes) is 9. The largest absolute Gasteiger partial charge is 0.481 e. The summed E-state index contributed by atoms with van der Waals surface area (Å²) in [4.78, 5) is 36.7. The van der Waals surface area contributed by atoms with E-state index in [-0.39, 0.29) is 31.8 Å². The lowest BCUT2D eigenvalue weighted by atomic mass is 9.78. The van der Waals surface area contributed by atoms with Crippen molar-refractivity contribution in [2.24, 2.45) is 11.8 Å². The van der Waals surface area contributed by atoms with Crippen LogP contribution in [0.1, 0.15) is 104 Å². The van der Waals surface area contributed by atoms with Crippen LogP contribution in [0.2, 0.25) is 0 Å². The van der Waals surface area contributed by atoms with Crippen LogP contribution in [0.3, 0.4) is 0 Å².